The van der Waals surface area contributed by atoms with E-state index in [1.54, 1.807) is 7.05 Å². The van der Waals surface area contributed by atoms with Gasteiger partial charge in [-0.1, -0.05) is 18.2 Å². The fourth-order valence-corrected chi connectivity index (χ4v) is 1.26. The van der Waals surface area contributed by atoms with Crippen LogP contribution in [0.3, 0.4) is 0 Å². The third kappa shape index (κ3) is 4.68. The Labute approximate surface area is 96.7 Å². The van der Waals surface area contributed by atoms with Gasteiger partial charge in [-0.25, -0.2) is 0 Å². The molecule has 0 unspecified atom stereocenters. The van der Waals surface area contributed by atoms with Crippen molar-refractivity contribution in [3.63, 3.8) is 0 Å². The van der Waals surface area contributed by atoms with Crippen LogP contribution >= 0.6 is 0 Å². The summed E-state index contributed by atoms with van der Waals surface area (Å²) in [5.41, 5.74) is 0. The minimum atomic E-state index is 0.706. The van der Waals surface area contributed by atoms with Crippen molar-refractivity contribution in [2.75, 3.05) is 27.2 Å². The van der Waals surface area contributed by atoms with Gasteiger partial charge in [-0.2, -0.15) is 0 Å². The van der Waals surface area contributed by atoms with Gasteiger partial charge < -0.3 is 15.4 Å². The van der Waals surface area contributed by atoms with Crippen LogP contribution in [0.4, 0.5) is 0 Å². The van der Waals surface area contributed by atoms with Crippen LogP contribution in [-0.2, 0) is 0 Å². The van der Waals surface area contributed by atoms with Gasteiger partial charge in [0.2, 0.25) is 0 Å². The van der Waals surface area contributed by atoms with E-state index < -0.39 is 0 Å². The van der Waals surface area contributed by atoms with Crippen LogP contribution in [-0.4, -0.2) is 33.2 Å². The summed E-state index contributed by atoms with van der Waals surface area (Å²) in [6.45, 7) is 1.55. The molecule has 4 heteroatoms. The average Bonchev–Trinajstić information content (AvgIpc) is 2.35. The Balaban J connectivity index is 2.09. The second-order valence-electron chi connectivity index (χ2n) is 3.26. The maximum Gasteiger partial charge on any atom is 0.190 e. The van der Waals surface area contributed by atoms with Crippen molar-refractivity contribution < 1.29 is 4.74 Å². The Kier molecular flexibility index (Phi) is 5.84. The normalized spacial score (nSPS) is 11.0. The molecule has 0 aliphatic heterocycles. The molecule has 0 amide bonds. The maximum absolute atomic E-state index is 5.55. The van der Waals surface area contributed by atoms with E-state index in [4.69, 9.17) is 4.74 Å². The summed E-state index contributed by atoms with van der Waals surface area (Å²) in [5.74, 6) is 1.72. The molecule has 0 radical (unpaired) electrons. The van der Waals surface area contributed by atoms with Crippen LogP contribution in [0.5, 0.6) is 5.75 Å². The third-order valence-electron chi connectivity index (χ3n) is 2.09. The zero-order valence-corrected chi connectivity index (χ0v) is 9.86. The number of ether oxygens (including phenoxy) is 1. The number of hydrogen-bond acceptors (Lipinski definition) is 2. The lowest BCUT2D eigenvalue weighted by Crippen LogP contribution is -2.35. The molecule has 4 nitrogen and oxygen atoms in total. The number of nitrogens with zero attached hydrogens (tertiary/aromatic N) is 1. The summed E-state index contributed by atoms with van der Waals surface area (Å²) < 4.78 is 5.55. The van der Waals surface area contributed by atoms with E-state index >= 15 is 0 Å². The third-order valence-corrected chi connectivity index (χ3v) is 2.09. The van der Waals surface area contributed by atoms with Gasteiger partial charge >= 0.3 is 0 Å². The zero-order valence-electron chi connectivity index (χ0n) is 9.86. The highest BCUT2D eigenvalue weighted by Gasteiger charge is 1.94. The van der Waals surface area contributed by atoms with Gasteiger partial charge in [0, 0.05) is 20.6 Å². The first-order valence-corrected chi connectivity index (χ1v) is 5.43. The molecule has 2 N–H and O–H groups in total. The molecule has 0 bridgehead atoms. The lowest BCUT2D eigenvalue weighted by Gasteiger charge is -2.09. The molecule has 0 fully saturated rings. The number of aliphatic imine (C=N–C) groups is 1. The van der Waals surface area contributed by atoms with Crippen LogP contribution < -0.4 is 15.4 Å². The first-order valence-electron chi connectivity index (χ1n) is 5.43. The van der Waals surface area contributed by atoms with Gasteiger partial charge in [0.05, 0.1) is 6.61 Å². The minimum Gasteiger partial charge on any atom is -0.494 e. The summed E-state index contributed by atoms with van der Waals surface area (Å²) in [6, 6.07) is 9.83. The van der Waals surface area contributed by atoms with Crippen LogP contribution in [0.1, 0.15) is 6.42 Å². The van der Waals surface area contributed by atoms with Crippen molar-refractivity contribution in [1.82, 2.24) is 10.6 Å². The number of hydrogen-bond donors (Lipinski definition) is 2. The average molecular weight is 221 g/mol. The molecule has 1 rings (SSSR count). The van der Waals surface area contributed by atoms with Gasteiger partial charge in [0.25, 0.3) is 0 Å². The van der Waals surface area contributed by atoms with Crippen molar-refractivity contribution in [3.05, 3.63) is 30.3 Å². The fraction of sp³-hybridized carbons (Fsp3) is 0.417. The lowest BCUT2D eigenvalue weighted by molar-refractivity contribution is 0.311. The van der Waals surface area contributed by atoms with Crippen molar-refractivity contribution >= 4 is 5.96 Å². The molecule has 0 saturated carbocycles. The van der Waals surface area contributed by atoms with Crippen LogP contribution in [0, 0.1) is 0 Å². The van der Waals surface area contributed by atoms with E-state index in [1.165, 1.54) is 0 Å². The van der Waals surface area contributed by atoms with E-state index in [0.717, 1.165) is 24.7 Å². The van der Waals surface area contributed by atoms with Crippen molar-refractivity contribution in [2.45, 2.75) is 6.42 Å². The van der Waals surface area contributed by atoms with Gasteiger partial charge in [0.15, 0.2) is 5.96 Å². The Morgan fingerprint density at radius 2 is 2.06 bits per heavy atom. The summed E-state index contributed by atoms with van der Waals surface area (Å²) in [4.78, 5) is 4.02. The van der Waals surface area contributed by atoms with E-state index in [2.05, 4.69) is 15.6 Å². The molecular weight excluding hydrogens is 202 g/mol. The second kappa shape index (κ2) is 7.56. The molecule has 0 saturated heterocycles. The monoisotopic (exact) mass is 221 g/mol. The predicted octanol–water partition coefficient (Wildman–Crippen LogP) is 1.25. The molecule has 16 heavy (non-hydrogen) atoms. The maximum atomic E-state index is 5.55. The molecular formula is C12H19N3O. The van der Waals surface area contributed by atoms with E-state index in [0.29, 0.717) is 6.61 Å². The van der Waals surface area contributed by atoms with Gasteiger partial charge in [-0.05, 0) is 18.6 Å². The smallest absolute Gasteiger partial charge is 0.190 e. The van der Waals surface area contributed by atoms with Crippen molar-refractivity contribution in [1.29, 1.82) is 0 Å². The Morgan fingerprint density at radius 3 is 2.69 bits per heavy atom. The molecule has 0 aliphatic carbocycles. The highest BCUT2D eigenvalue weighted by atomic mass is 16.5. The predicted molar refractivity (Wildman–Crippen MR) is 67.0 cm³/mol. The van der Waals surface area contributed by atoms with Crippen LogP contribution in [0.25, 0.3) is 0 Å². The topological polar surface area (TPSA) is 45.7 Å². The fourth-order valence-electron chi connectivity index (χ4n) is 1.26. The Morgan fingerprint density at radius 1 is 1.31 bits per heavy atom. The Bertz CT molecular complexity index is 311. The first-order chi connectivity index (χ1) is 7.86. The number of rotatable bonds is 5. The first kappa shape index (κ1) is 12.4. The molecule has 1 aromatic rings. The second-order valence-corrected chi connectivity index (χ2v) is 3.26. The number of para-hydroxylation sites is 1. The van der Waals surface area contributed by atoms with Crippen LogP contribution in [0.2, 0.25) is 0 Å². The number of guanidine groups is 1. The Hall–Kier alpha value is -1.71. The van der Waals surface area contributed by atoms with Crippen molar-refractivity contribution in [3.8, 4) is 5.75 Å². The minimum absolute atomic E-state index is 0.706. The standard InChI is InChI=1S/C12H19N3O/c1-13-12(14-2)15-9-6-10-16-11-7-4-3-5-8-11/h3-5,7-8H,6,9-10H2,1-2H3,(H2,13,14,15). The van der Waals surface area contributed by atoms with Gasteiger partial charge in [0.1, 0.15) is 5.75 Å². The van der Waals surface area contributed by atoms with Gasteiger partial charge in [-0.15, -0.1) is 0 Å². The SMILES string of the molecule is CN=C(NC)NCCCOc1ccccc1. The number of nitrogens with one attached hydrogen (secondary N) is 2. The summed E-state index contributed by atoms with van der Waals surface area (Å²) in [7, 11) is 3.59. The van der Waals surface area contributed by atoms with Crippen LogP contribution in [0.15, 0.2) is 35.3 Å². The van der Waals surface area contributed by atoms with Gasteiger partial charge in [-0.3, -0.25) is 4.99 Å². The lowest BCUT2D eigenvalue weighted by atomic mass is 10.3. The molecule has 0 aliphatic rings. The zero-order chi connectivity index (χ0) is 11.6. The highest BCUT2D eigenvalue weighted by molar-refractivity contribution is 5.79. The number of benzene rings is 1. The summed E-state index contributed by atoms with van der Waals surface area (Å²) in [6.07, 6.45) is 0.940. The summed E-state index contributed by atoms with van der Waals surface area (Å²) in [5, 5.41) is 6.12. The van der Waals surface area contributed by atoms with E-state index in [1.807, 2.05) is 37.4 Å². The quantitative estimate of drug-likeness (QED) is 0.447. The molecule has 0 spiro atoms. The van der Waals surface area contributed by atoms with E-state index in [9.17, 15) is 0 Å². The summed E-state index contributed by atoms with van der Waals surface area (Å²) >= 11 is 0. The molecule has 0 heterocycles. The van der Waals surface area contributed by atoms with Crippen molar-refractivity contribution in [2.24, 2.45) is 4.99 Å². The molecule has 88 valence electrons. The molecule has 0 atom stereocenters. The largest absolute Gasteiger partial charge is 0.494 e. The molecule has 0 aromatic heterocycles. The highest BCUT2D eigenvalue weighted by Crippen LogP contribution is 2.07. The van der Waals surface area contributed by atoms with E-state index in [-0.39, 0.29) is 0 Å². The molecule has 1 aromatic carbocycles.